The fourth-order valence-electron chi connectivity index (χ4n) is 3.56. The van der Waals surface area contributed by atoms with E-state index in [1.807, 2.05) is 4.90 Å². The maximum Gasteiger partial charge on any atom is 0.317 e. The lowest BCUT2D eigenvalue weighted by Crippen LogP contribution is -2.41. The molecule has 8 heteroatoms. The molecular weight excluding hydrogens is 318 g/mol. The number of piperidine rings is 1. The molecule has 0 saturated carbocycles. The average molecular weight is 347 g/mol. The van der Waals surface area contributed by atoms with E-state index in [4.69, 9.17) is 4.74 Å². The molecule has 2 fully saturated rings. The van der Waals surface area contributed by atoms with E-state index < -0.39 is 10.0 Å². The van der Waals surface area contributed by atoms with Crippen LogP contribution in [-0.4, -0.2) is 76.4 Å². The highest BCUT2D eigenvalue weighted by molar-refractivity contribution is 7.88. The number of carbonyl (C=O) groups excluding carboxylic acids is 1. The van der Waals surface area contributed by atoms with Crippen LogP contribution in [0.5, 0.6) is 0 Å². The van der Waals surface area contributed by atoms with Crippen molar-refractivity contribution in [3.8, 4) is 0 Å². The third-order valence-corrected chi connectivity index (χ3v) is 6.25. The van der Waals surface area contributed by atoms with Gasteiger partial charge in [-0.1, -0.05) is 0 Å². The largest absolute Gasteiger partial charge is 0.385 e. The van der Waals surface area contributed by atoms with Gasteiger partial charge in [0.15, 0.2) is 0 Å². The molecule has 2 saturated heterocycles. The first-order valence-corrected chi connectivity index (χ1v) is 10.2. The molecule has 0 radical (unpaired) electrons. The summed E-state index contributed by atoms with van der Waals surface area (Å²) in [5.74, 6) is 1.03. The van der Waals surface area contributed by atoms with Crippen molar-refractivity contribution in [2.75, 3.05) is 52.7 Å². The van der Waals surface area contributed by atoms with Crippen LogP contribution in [0, 0.1) is 11.8 Å². The van der Waals surface area contributed by atoms with Crippen LogP contribution in [0.4, 0.5) is 4.79 Å². The summed E-state index contributed by atoms with van der Waals surface area (Å²) in [5.41, 5.74) is 0. The Morgan fingerprint density at radius 1 is 1.17 bits per heavy atom. The van der Waals surface area contributed by atoms with E-state index in [0.29, 0.717) is 38.1 Å². The number of hydrogen-bond donors (Lipinski definition) is 1. The van der Waals surface area contributed by atoms with Gasteiger partial charge in [0.2, 0.25) is 10.0 Å². The number of ether oxygens (including phenoxy) is 1. The molecular formula is C15H29N3O4S. The van der Waals surface area contributed by atoms with Crippen molar-refractivity contribution < 1.29 is 17.9 Å². The van der Waals surface area contributed by atoms with E-state index >= 15 is 0 Å². The first-order chi connectivity index (χ1) is 10.9. The number of amides is 2. The van der Waals surface area contributed by atoms with Crippen molar-refractivity contribution in [3.63, 3.8) is 0 Å². The van der Waals surface area contributed by atoms with Crippen LogP contribution in [-0.2, 0) is 14.8 Å². The van der Waals surface area contributed by atoms with Gasteiger partial charge >= 0.3 is 6.03 Å². The fraction of sp³-hybridized carbons (Fsp3) is 0.933. The van der Waals surface area contributed by atoms with Crippen LogP contribution in [0.1, 0.15) is 25.7 Å². The number of likely N-dealkylation sites (tertiary alicyclic amines) is 1. The Hall–Kier alpha value is -0.860. The van der Waals surface area contributed by atoms with E-state index in [1.165, 1.54) is 6.26 Å². The lowest BCUT2D eigenvalue weighted by Gasteiger charge is -2.33. The number of sulfonamides is 1. The Kier molecular flexibility index (Phi) is 6.67. The predicted octanol–water partition coefficient (Wildman–Crippen LogP) is 0.726. The van der Waals surface area contributed by atoms with Gasteiger partial charge in [-0.05, 0) is 37.5 Å². The number of rotatable bonds is 6. The number of carbonyl (C=O) groups is 1. The highest BCUT2D eigenvalue weighted by Gasteiger charge is 2.35. The molecule has 23 heavy (non-hydrogen) atoms. The monoisotopic (exact) mass is 347 g/mol. The molecule has 2 amide bonds. The maximum atomic E-state index is 12.1. The number of nitrogens with one attached hydrogen (secondary N) is 1. The highest BCUT2D eigenvalue weighted by Crippen LogP contribution is 2.32. The van der Waals surface area contributed by atoms with E-state index in [-0.39, 0.29) is 6.03 Å². The molecule has 2 heterocycles. The zero-order valence-electron chi connectivity index (χ0n) is 14.2. The highest BCUT2D eigenvalue weighted by atomic mass is 32.2. The lowest BCUT2D eigenvalue weighted by atomic mass is 9.84. The van der Waals surface area contributed by atoms with Crippen molar-refractivity contribution in [2.45, 2.75) is 25.7 Å². The second kappa shape index (κ2) is 8.30. The molecule has 2 aliphatic heterocycles. The Bertz CT molecular complexity index is 489. The summed E-state index contributed by atoms with van der Waals surface area (Å²) in [4.78, 5) is 14.0. The molecule has 0 bridgehead atoms. The molecule has 7 nitrogen and oxygen atoms in total. The van der Waals surface area contributed by atoms with Crippen LogP contribution in [0.3, 0.4) is 0 Å². The molecule has 1 atom stereocenters. The molecule has 1 N–H and O–H groups in total. The maximum absolute atomic E-state index is 12.1. The number of methoxy groups -OCH3 is 1. The van der Waals surface area contributed by atoms with Gasteiger partial charge in [-0.15, -0.1) is 0 Å². The first kappa shape index (κ1) is 18.5. The molecule has 2 rings (SSSR count). The third-order valence-electron chi connectivity index (χ3n) is 4.95. The molecule has 1 unspecified atom stereocenters. The normalized spacial score (nSPS) is 24.1. The summed E-state index contributed by atoms with van der Waals surface area (Å²) >= 11 is 0. The molecule has 0 aromatic rings. The van der Waals surface area contributed by atoms with Gasteiger partial charge in [-0.3, -0.25) is 0 Å². The van der Waals surface area contributed by atoms with Crippen LogP contribution < -0.4 is 5.32 Å². The minimum absolute atomic E-state index is 0.0113. The number of hydrogen-bond acceptors (Lipinski definition) is 4. The van der Waals surface area contributed by atoms with Gasteiger partial charge in [-0.25, -0.2) is 17.5 Å². The summed E-state index contributed by atoms with van der Waals surface area (Å²) < 4.78 is 29.7. The van der Waals surface area contributed by atoms with Crippen LogP contribution in [0.25, 0.3) is 0 Å². The molecule has 0 aromatic carbocycles. The summed E-state index contributed by atoms with van der Waals surface area (Å²) in [6.45, 7) is 4.11. The van der Waals surface area contributed by atoms with E-state index in [1.54, 1.807) is 11.4 Å². The molecule has 0 aromatic heterocycles. The quantitative estimate of drug-likeness (QED) is 0.718. The van der Waals surface area contributed by atoms with Gasteiger partial charge in [0.05, 0.1) is 6.26 Å². The van der Waals surface area contributed by atoms with Gasteiger partial charge < -0.3 is 15.0 Å². The Morgan fingerprint density at radius 2 is 1.83 bits per heavy atom. The third kappa shape index (κ3) is 5.32. The van der Waals surface area contributed by atoms with E-state index in [9.17, 15) is 13.2 Å². The van der Waals surface area contributed by atoms with Crippen LogP contribution >= 0.6 is 0 Å². The topological polar surface area (TPSA) is 79.0 Å². The standard InChI is InChI=1S/C15H29N3O4S/c1-22-11-3-7-16-15(19)17-8-4-14(12-17)13-5-9-18(10-6-13)23(2,20)21/h13-14H,3-12H2,1-2H3,(H,16,19). The van der Waals surface area contributed by atoms with Crippen molar-refractivity contribution in [3.05, 3.63) is 0 Å². The van der Waals surface area contributed by atoms with Crippen molar-refractivity contribution >= 4 is 16.1 Å². The van der Waals surface area contributed by atoms with Gasteiger partial charge in [0, 0.05) is 46.4 Å². The van der Waals surface area contributed by atoms with Crippen molar-refractivity contribution in [1.29, 1.82) is 0 Å². The minimum Gasteiger partial charge on any atom is -0.385 e. The molecule has 0 aliphatic carbocycles. The van der Waals surface area contributed by atoms with Crippen LogP contribution in [0.2, 0.25) is 0 Å². The van der Waals surface area contributed by atoms with Crippen molar-refractivity contribution in [2.24, 2.45) is 11.8 Å². The Labute approximate surface area is 139 Å². The summed E-state index contributed by atoms with van der Waals surface area (Å²) in [6.07, 6.45) is 4.93. The first-order valence-electron chi connectivity index (χ1n) is 8.38. The Balaban J connectivity index is 1.72. The summed E-state index contributed by atoms with van der Waals surface area (Å²) in [5, 5.41) is 2.93. The summed E-state index contributed by atoms with van der Waals surface area (Å²) in [7, 11) is -1.41. The SMILES string of the molecule is COCCCNC(=O)N1CCC(C2CCN(S(C)(=O)=O)CC2)C1. The second-order valence-electron chi connectivity index (χ2n) is 6.57. The molecule has 134 valence electrons. The van der Waals surface area contributed by atoms with Crippen LogP contribution in [0.15, 0.2) is 0 Å². The second-order valence-corrected chi connectivity index (χ2v) is 8.55. The van der Waals surface area contributed by atoms with Gasteiger partial charge in [0.1, 0.15) is 0 Å². The summed E-state index contributed by atoms with van der Waals surface area (Å²) in [6, 6.07) is 0.0113. The Morgan fingerprint density at radius 3 is 2.43 bits per heavy atom. The minimum atomic E-state index is -3.06. The molecule has 0 spiro atoms. The number of urea groups is 1. The zero-order chi connectivity index (χ0) is 16.9. The molecule has 2 aliphatic rings. The average Bonchev–Trinajstić information content (AvgIpc) is 3.01. The number of nitrogens with zero attached hydrogens (tertiary/aromatic N) is 2. The van der Waals surface area contributed by atoms with Gasteiger partial charge in [0.25, 0.3) is 0 Å². The van der Waals surface area contributed by atoms with E-state index in [0.717, 1.165) is 38.8 Å². The lowest BCUT2D eigenvalue weighted by molar-refractivity contribution is 0.183. The fourth-order valence-corrected chi connectivity index (χ4v) is 4.43. The van der Waals surface area contributed by atoms with E-state index in [2.05, 4.69) is 5.32 Å². The predicted molar refractivity (Wildman–Crippen MR) is 88.7 cm³/mol. The van der Waals surface area contributed by atoms with Gasteiger partial charge in [-0.2, -0.15) is 0 Å². The van der Waals surface area contributed by atoms with Crippen molar-refractivity contribution in [1.82, 2.24) is 14.5 Å². The smallest absolute Gasteiger partial charge is 0.317 e. The zero-order valence-corrected chi connectivity index (χ0v) is 15.0.